The van der Waals surface area contributed by atoms with Crippen LogP contribution < -0.4 is 14.8 Å². The summed E-state index contributed by atoms with van der Waals surface area (Å²) in [5, 5.41) is 3.95. The fraction of sp³-hybridized carbons (Fsp3) is 0.118. The van der Waals surface area contributed by atoms with E-state index in [4.69, 9.17) is 25.5 Å². The van der Waals surface area contributed by atoms with E-state index < -0.39 is 0 Å². The van der Waals surface area contributed by atoms with Crippen molar-refractivity contribution >= 4 is 34.2 Å². The Labute approximate surface area is 137 Å². The first kappa shape index (κ1) is 15.2. The van der Waals surface area contributed by atoms with Crippen molar-refractivity contribution in [1.82, 2.24) is 0 Å². The van der Waals surface area contributed by atoms with Crippen LogP contribution in [0.3, 0.4) is 0 Å². The highest BCUT2D eigenvalue weighted by Crippen LogP contribution is 2.28. The van der Waals surface area contributed by atoms with E-state index in [0.717, 1.165) is 5.39 Å². The van der Waals surface area contributed by atoms with Crippen LogP contribution in [0.4, 0.5) is 5.69 Å². The van der Waals surface area contributed by atoms with Crippen LogP contribution in [0.1, 0.15) is 10.6 Å². The molecule has 0 spiro atoms. The monoisotopic (exact) mass is 331 g/mol. The molecule has 0 radical (unpaired) electrons. The molecule has 1 heterocycles. The van der Waals surface area contributed by atoms with Crippen LogP contribution in [0.15, 0.2) is 46.9 Å². The Morgan fingerprint density at radius 3 is 2.61 bits per heavy atom. The van der Waals surface area contributed by atoms with Gasteiger partial charge in [0.2, 0.25) is 0 Å². The van der Waals surface area contributed by atoms with Crippen LogP contribution in [0.5, 0.6) is 11.5 Å². The predicted molar refractivity (Wildman–Crippen MR) is 88.7 cm³/mol. The van der Waals surface area contributed by atoms with Crippen molar-refractivity contribution < 1.29 is 18.7 Å². The summed E-state index contributed by atoms with van der Waals surface area (Å²) in [7, 11) is 3.12. The second-order valence-corrected chi connectivity index (χ2v) is 5.23. The largest absolute Gasteiger partial charge is 0.497 e. The second kappa shape index (κ2) is 6.22. The lowest BCUT2D eigenvalue weighted by Crippen LogP contribution is -2.10. The highest BCUT2D eigenvalue weighted by molar-refractivity contribution is 6.32. The van der Waals surface area contributed by atoms with Crippen LogP contribution in [-0.2, 0) is 0 Å². The van der Waals surface area contributed by atoms with Gasteiger partial charge >= 0.3 is 0 Å². The normalized spacial score (nSPS) is 10.6. The van der Waals surface area contributed by atoms with E-state index in [1.807, 2.05) is 0 Å². The Morgan fingerprint density at radius 2 is 1.91 bits per heavy atom. The van der Waals surface area contributed by atoms with Crippen molar-refractivity contribution in [2.45, 2.75) is 0 Å². The fourth-order valence-corrected chi connectivity index (χ4v) is 2.45. The summed E-state index contributed by atoms with van der Waals surface area (Å²) < 4.78 is 15.8. The second-order valence-electron chi connectivity index (χ2n) is 4.82. The molecule has 3 aromatic rings. The van der Waals surface area contributed by atoms with Gasteiger partial charge in [-0.05, 0) is 42.5 Å². The van der Waals surface area contributed by atoms with Gasteiger partial charge in [-0.3, -0.25) is 4.79 Å². The van der Waals surface area contributed by atoms with Gasteiger partial charge < -0.3 is 19.2 Å². The summed E-state index contributed by atoms with van der Waals surface area (Å²) in [4.78, 5) is 12.3. The van der Waals surface area contributed by atoms with E-state index in [2.05, 4.69) is 5.32 Å². The molecule has 0 fully saturated rings. The quantitative estimate of drug-likeness (QED) is 0.771. The molecule has 0 aliphatic rings. The van der Waals surface area contributed by atoms with Crippen LogP contribution in [0.25, 0.3) is 11.0 Å². The number of benzene rings is 2. The maximum Gasteiger partial charge on any atom is 0.291 e. The average Bonchev–Trinajstić information content (AvgIpc) is 2.98. The molecule has 1 N–H and O–H groups in total. The van der Waals surface area contributed by atoms with Gasteiger partial charge in [-0.2, -0.15) is 0 Å². The van der Waals surface area contributed by atoms with E-state index in [9.17, 15) is 4.79 Å². The van der Waals surface area contributed by atoms with Crippen LogP contribution >= 0.6 is 11.6 Å². The third-order valence-corrected chi connectivity index (χ3v) is 3.65. The number of anilines is 1. The number of ether oxygens (including phenoxy) is 2. The molecule has 0 bridgehead atoms. The number of methoxy groups -OCH3 is 2. The van der Waals surface area contributed by atoms with E-state index in [0.29, 0.717) is 27.8 Å². The molecule has 0 aliphatic carbocycles. The topological polar surface area (TPSA) is 60.7 Å². The molecule has 3 rings (SSSR count). The Hall–Kier alpha value is -2.66. The Balaban J connectivity index is 1.84. The molecular weight excluding hydrogens is 318 g/mol. The summed E-state index contributed by atoms with van der Waals surface area (Å²) in [5.74, 6) is 1.09. The van der Waals surface area contributed by atoms with Crippen LogP contribution in [0.2, 0.25) is 5.02 Å². The molecule has 0 atom stereocenters. The van der Waals surface area contributed by atoms with E-state index in [1.165, 1.54) is 7.11 Å². The van der Waals surface area contributed by atoms with Crippen LogP contribution in [0, 0.1) is 0 Å². The zero-order valence-corrected chi connectivity index (χ0v) is 13.3. The lowest BCUT2D eigenvalue weighted by atomic mass is 10.2. The van der Waals surface area contributed by atoms with E-state index in [1.54, 1.807) is 49.6 Å². The standard InChI is InChI=1S/C17H14ClNO4/c1-21-12-4-6-14-10(7-12)8-16(23-14)17(20)19-11-3-5-15(22-2)13(18)9-11/h3-9H,1-2H3,(H,19,20). The van der Waals surface area contributed by atoms with E-state index >= 15 is 0 Å². The maximum absolute atomic E-state index is 12.3. The predicted octanol–water partition coefficient (Wildman–Crippen LogP) is 4.36. The van der Waals surface area contributed by atoms with Gasteiger partial charge in [0.1, 0.15) is 17.1 Å². The van der Waals surface area contributed by atoms with Crippen molar-refractivity contribution in [3.05, 3.63) is 53.2 Å². The maximum atomic E-state index is 12.3. The molecular formula is C17H14ClNO4. The zero-order valence-electron chi connectivity index (χ0n) is 12.6. The van der Waals surface area contributed by atoms with Gasteiger partial charge in [-0.1, -0.05) is 11.6 Å². The number of fused-ring (bicyclic) bond motifs is 1. The van der Waals surface area contributed by atoms with Crippen molar-refractivity contribution in [3.8, 4) is 11.5 Å². The number of rotatable bonds is 4. The number of halogens is 1. The molecule has 0 aliphatic heterocycles. The highest BCUT2D eigenvalue weighted by atomic mass is 35.5. The lowest BCUT2D eigenvalue weighted by molar-refractivity contribution is 0.0998. The van der Waals surface area contributed by atoms with Gasteiger partial charge in [-0.15, -0.1) is 0 Å². The third-order valence-electron chi connectivity index (χ3n) is 3.36. The minimum Gasteiger partial charge on any atom is -0.497 e. The van der Waals surface area contributed by atoms with Crippen molar-refractivity contribution in [2.75, 3.05) is 19.5 Å². The molecule has 0 saturated carbocycles. The highest BCUT2D eigenvalue weighted by Gasteiger charge is 2.14. The number of hydrogen-bond acceptors (Lipinski definition) is 4. The number of nitrogens with one attached hydrogen (secondary N) is 1. The number of carbonyl (C=O) groups excluding carboxylic acids is 1. The summed E-state index contributed by atoms with van der Waals surface area (Å²) in [6.07, 6.45) is 0. The first-order valence-electron chi connectivity index (χ1n) is 6.83. The molecule has 0 unspecified atom stereocenters. The average molecular weight is 332 g/mol. The SMILES string of the molecule is COc1ccc2oc(C(=O)Nc3ccc(OC)c(Cl)c3)cc2c1. The van der Waals surface area contributed by atoms with Gasteiger partial charge in [0.15, 0.2) is 5.76 Å². The molecule has 23 heavy (non-hydrogen) atoms. The lowest BCUT2D eigenvalue weighted by Gasteiger charge is -2.06. The Kier molecular flexibility index (Phi) is 4.12. The minimum atomic E-state index is -0.360. The third kappa shape index (κ3) is 3.10. The summed E-state index contributed by atoms with van der Waals surface area (Å²) in [6.45, 7) is 0. The number of hydrogen-bond donors (Lipinski definition) is 1. The van der Waals surface area contributed by atoms with Crippen LogP contribution in [-0.4, -0.2) is 20.1 Å². The molecule has 1 aromatic heterocycles. The summed E-state index contributed by atoms with van der Waals surface area (Å²) in [6, 6.07) is 12.0. The summed E-state index contributed by atoms with van der Waals surface area (Å²) in [5.41, 5.74) is 1.17. The molecule has 0 saturated heterocycles. The van der Waals surface area contributed by atoms with Gasteiger partial charge in [0.25, 0.3) is 5.91 Å². The number of furan rings is 1. The molecule has 2 aromatic carbocycles. The van der Waals surface area contributed by atoms with E-state index in [-0.39, 0.29) is 11.7 Å². The number of carbonyl (C=O) groups is 1. The molecule has 5 nitrogen and oxygen atoms in total. The van der Waals surface area contributed by atoms with Crippen molar-refractivity contribution in [2.24, 2.45) is 0 Å². The van der Waals surface area contributed by atoms with Gasteiger partial charge in [0.05, 0.1) is 19.2 Å². The molecule has 118 valence electrons. The van der Waals surface area contributed by atoms with Gasteiger partial charge in [-0.25, -0.2) is 0 Å². The minimum absolute atomic E-state index is 0.209. The fourth-order valence-electron chi connectivity index (χ4n) is 2.20. The summed E-state index contributed by atoms with van der Waals surface area (Å²) >= 11 is 6.04. The number of amides is 1. The molecule has 1 amide bonds. The van der Waals surface area contributed by atoms with Crippen molar-refractivity contribution in [1.29, 1.82) is 0 Å². The first-order valence-corrected chi connectivity index (χ1v) is 7.21. The van der Waals surface area contributed by atoms with Crippen molar-refractivity contribution in [3.63, 3.8) is 0 Å². The Morgan fingerprint density at radius 1 is 1.09 bits per heavy atom. The first-order chi connectivity index (χ1) is 11.1. The Bertz CT molecular complexity index is 872. The molecule has 6 heteroatoms. The zero-order chi connectivity index (χ0) is 16.4. The van der Waals surface area contributed by atoms with Gasteiger partial charge in [0, 0.05) is 11.1 Å². The smallest absolute Gasteiger partial charge is 0.291 e.